The summed E-state index contributed by atoms with van der Waals surface area (Å²) in [6.45, 7) is 5.48. The van der Waals surface area contributed by atoms with Crippen molar-refractivity contribution in [2.24, 2.45) is 5.92 Å². The molecule has 7 nitrogen and oxygen atoms in total. The Morgan fingerprint density at radius 1 is 1.23 bits per heavy atom. The van der Waals surface area contributed by atoms with E-state index in [9.17, 15) is 4.79 Å². The van der Waals surface area contributed by atoms with Gasteiger partial charge in [0, 0.05) is 24.5 Å². The van der Waals surface area contributed by atoms with Crippen molar-refractivity contribution in [1.29, 1.82) is 0 Å². The summed E-state index contributed by atoms with van der Waals surface area (Å²) >= 11 is 6.52. The number of amides is 2. The van der Waals surface area contributed by atoms with Crippen LogP contribution in [0, 0.1) is 5.92 Å². The Labute approximate surface area is 186 Å². The van der Waals surface area contributed by atoms with Crippen LogP contribution < -0.4 is 10.3 Å². The highest BCUT2D eigenvalue weighted by Gasteiger charge is 2.28. The maximum atomic E-state index is 12.6. The van der Waals surface area contributed by atoms with E-state index in [-0.39, 0.29) is 12.3 Å². The van der Waals surface area contributed by atoms with E-state index in [0.29, 0.717) is 30.0 Å². The topological polar surface area (TPSA) is 68.1 Å². The van der Waals surface area contributed by atoms with Gasteiger partial charge in [0.2, 0.25) is 0 Å². The van der Waals surface area contributed by atoms with E-state index in [1.165, 1.54) is 0 Å². The van der Waals surface area contributed by atoms with Gasteiger partial charge in [-0.3, -0.25) is 9.30 Å². The number of hydroxylamine groups is 1. The molecule has 3 heterocycles. The highest BCUT2D eigenvalue weighted by molar-refractivity contribution is 6.32. The summed E-state index contributed by atoms with van der Waals surface area (Å²) in [5.74, 6) is 0.957. The van der Waals surface area contributed by atoms with Gasteiger partial charge in [-0.15, -0.1) is 0 Å². The number of carbonyl (C=O) groups is 1. The first-order valence-corrected chi connectivity index (χ1v) is 11.0. The fraction of sp³-hybridized carbons (Fsp3) is 0.391. The van der Waals surface area contributed by atoms with Crippen molar-refractivity contribution in [1.82, 2.24) is 19.8 Å². The third kappa shape index (κ3) is 4.94. The van der Waals surface area contributed by atoms with Gasteiger partial charge < -0.3 is 9.57 Å². The third-order valence-corrected chi connectivity index (χ3v) is 5.64. The SMILES string of the molecule is CC(C)COC1CCCCN1C(=O)NOc1ccc(-c2ccc3nccn3c2Cl)cc1. The lowest BCUT2D eigenvalue weighted by molar-refractivity contribution is -0.0696. The number of fused-ring (bicyclic) bond motifs is 1. The van der Waals surface area contributed by atoms with Crippen LogP contribution in [0.25, 0.3) is 16.8 Å². The number of urea groups is 1. The van der Waals surface area contributed by atoms with Crippen LogP contribution in [0.15, 0.2) is 48.8 Å². The molecule has 1 unspecified atom stereocenters. The number of halogens is 1. The average Bonchev–Trinajstić information content (AvgIpc) is 3.27. The van der Waals surface area contributed by atoms with E-state index >= 15 is 0 Å². The zero-order valence-corrected chi connectivity index (χ0v) is 18.5. The number of hydrogen-bond acceptors (Lipinski definition) is 4. The molecule has 164 valence electrons. The fourth-order valence-corrected chi connectivity index (χ4v) is 3.96. The van der Waals surface area contributed by atoms with Gasteiger partial charge in [-0.2, -0.15) is 5.48 Å². The van der Waals surface area contributed by atoms with Crippen molar-refractivity contribution in [3.8, 4) is 16.9 Å². The number of benzene rings is 1. The second kappa shape index (κ2) is 9.58. The monoisotopic (exact) mass is 442 g/mol. The van der Waals surface area contributed by atoms with Crippen molar-refractivity contribution in [3.05, 3.63) is 53.9 Å². The zero-order valence-electron chi connectivity index (χ0n) is 17.8. The zero-order chi connectivity index (χ0) is 21.8. The Morgan fingerprint density at radius 3 is 2.81 bits per heavy atom. The summed E-state index contributed by atoms with van der Waals surface area (Å²) < 4.78 is 7.75. The van der Waals surface area contributed by atoms with Crippen LogP contribution in [0.4, 0.5) is 4.79 Å². The molecule has 1 saturated heterocycles. The van der Waals surface area contributed by atoms with Crippen LogP contribution in [-0.4, -0.2) is 39.7 Å². The van der Waals surface area contributed by atoms with E-state index in [4.69, 9.17) is 21.2 Å². The predicted octanol–water partition coefficient (Wildman–Crippen LogP) is 5.14. The van der Waals surface area contributed by atoms with Gasteiger partial charge in [0.25, 0.3) is 0 Å². The lowest BCUT2D eigenvalue weighted by Crippen LogP contribution is -2.50. The Bertz CT molecular complexity index is 1030. The molecule has 8 heteroatoms. The number of nitrogens with zero attached hydrogens (tertiary/aromatic N) is 3. The number of likely N-dealkylation sites (tertiary alicyclic amines) is 1. The molecule has 1 N–H and O–H groups in total. The maximum Gasteiger partial charge on any atom is 0.352 e. The number of ether oxygens (including phenoxy) is 1. The second-order valence-electron chi connectivity index (χ2n) is 8.10. The van der Waals surface area contributed by atoms with Crippen LogP contribution in [-0.2, 0) is 4.74 Å². The van der Waals surface area contributed by atoms with Crippen molar-refractivity contribution in [2.45, 2.75) is 39.3 Å². The minimum Gasteiger partial charge on any atom is -0.378 e. The quantitative estimate of drug-likeness (QED) is 0.423. The molecule has 0 aliphatic carbocycles. The lowest BCUT2D eigenvalue weighted by atomic mass is 10.1. The van der Waals surface area contributed by atoms with E-state index in [2.05, 4.69) is 24.3 Å². The van der Waals surface area contributed by atoms with Gasteiger partial charge >= 0.3 is 6.03 Å². The number of nitrogens with one attached hydrogen (secondary N) is 1. The molecule has 0 saturated carbocycles. The minimum absolute atomic E-state index is 0.206. The van der Waals surface area contributed by atoms with E-state index in [0.717, 1.165) is 36.0 Å². The van der Waals surface area contributed by atoms with Crippen LogP contribution in [0.3, 0.4) is 0 Å². The van der Waals surface area contributed by atoms with Gasteiger partial charge in [0.15, 0.2) is 5.75 Å². The number of piperidine rings is 1. The van der Waals surface area contributed by atoms with Crippen LogP contribution in [0.1, 0.15) is 33.1 Å². The Balaban J connectivity index is 1.38. The number of rotatable bonds is 6. The van der Waals surface area contributed by atoms with Gasteiger partial charge in [-0.1, -0.05) is 37.6 Å². The van der Waals surface area contributed by atoms with Crippen molar-refractivity contribution in [3.63, 3.8) is 0 Å². The number of aromatic nitrogens is 2. The summed E-state index contributed by atoms with van der Waals surface area (Å²) in [7, 11) is 0. The summed E-state index contributed by atoms with van der Waals surface area (Å²) in [5.41, 5.74) is 5.17. The Kier molecular flexibility index (Phi) is 6.63. The Hall–Kier alpha value is -2.77. The molecule has 1 aliphatic rings. The number of imidazole rings is 1. The van der Waals surface area contributed by atoms with Gasteiger partial charge in [0.1, 0.15) is 17.0 Å². The lowest BCUT2D eigenvalue weighted by Gasteiger charge is -2.35. The average molecular weight is 443 g/mol. The number of hydrogen-bond donors (Lipinski definition) is 1. The van der Waals surface area contributed by atoms with E-state index in [1.807, 2.05) is 34.9 Å². The highest BCUT2D eigenvalue weighted by atomic mass is 35.5. The van der Waals surface area contributed by atoms with Crippen molar-refractivity contribution in [2.75, 3.05) is 13.2 Å². The van der Waals surface area contributed by atoms with E-state index in [1.54, 1.807) is 23.2 Å². The molecule has 0 bridgehead atoms. The summed E-state index contributed by atoms with van der Waals surface area (Å²) in [5, 5.41) is 0.592. The summed E-state index contributed by atoms with van der Waals surface area (Å²) in [4.78, 5) is 24.1. The molecule has 0 spiro atoms. The smallest absolute Gasteiger partial charge is 0.352 e. The molecule has 1 atom stereocenters. The molecular weight excluding hydrogens is 416 g/mol. The predicted molar refractivity (Wildman–Crippen MR) is 120 cm³/mol. The van der Waals surface area contributed by atoms with Crippen molar-refractivity contribution < 1.29 is 14.4 Å². The maximum absolute atomic E-state index is 12.6. The molecule has 1 fully saturated rings. The largest absolute Gasteiger partial charge is 0.378 e. The molecular formula is C23H27ClN4O3. The first-order valence-electron chi connectivity index (χ1n) is 10.6. The molecule has 31 heavy (non-hydrogen) atoms. The van der Waals surface area contributed by atoms with Crippen LogP contribution >= 0.6 is 11.6 Å². The molecule has 4 rings (SSSR count). The first-order chi connectivity index (χ1) is 15.0. The number of carbonyl (C=O) groups excluding carboxylic acids is 1. The molecule has 2 aromatic heterocycles. The number of pyridine rings is 1. The van der Waals surface area contributed by atoms with Crippen molar-refractivity contribution >= 4 is 23.3 Å². The second-order valence-corrected chi connectivity index (χ2v) is 8.46. The summed E-state index contributed by atoms with van der Waals surface area (Å²) in [6, 6.07) is 11.0. The Morgan fingerprint density at radius 2 is 2.03 bits per heavy atom. The normalized spacial score (nSPS) is 16.6. The molecule has 3 aromatic rings. The van der Waals surface area contributed by atoms with Crippen LogP contribution in [0.5, 0.6) is 5.75 Å². The van der Waals surface area contributed by atoms with Crippen LogP contribution in [0.2, 0.25) is 5.15 Å². The van der Waals surface area contributed by atoms with E-state index < -0.39 is 0 Å². The standard InChI is InChI=1S/C23H27ClN4O3/c1-16(2)15-30-21-5-3-4-13-28(21)23(29)26-31-18-8-6-17(7-9-18)19-10-11-20-25-12-14-27(20)22(19)24/h6-12,14,16,21H,3-5,13,15H2,1-2H3,(H,26,29). The molecule has 1 aromatic carbocycles. The minimum atomic E-state index is -0.286. The fourth-order valence-electron chi connectivity index (χ4n) is 3.65. The molecule has 1 aliphatic heterocycles. The molecule has 0 radical (unpaired) electrons. The third-order valence-electron chi connectivity index (χ3n) is 5.25. The summed E-state index contributed by atoms with van der Waals surface area (Å²) in [6.07, 6.45) is 6.20. The first kappa shape index (κ1) is 21.5. The highest BCUT2D eigenvalue weighted by Crippen LogP contribution is 2.30. The van der Waals surface area contributed by atoms with Gasteiger partial charge in [0.05, 0.1) is 6.61 Å². The van der Waals surface area contributed by atoms with Gasteiger partial charge in [-0.05, 0) is 55.0 Å². The molecule has 2 amide bonds. The van der Waals surface area contributed by atoms with Gasteiger partial charge in [-0.25, -0.2) is 9.78 Å².